The number of alkyl halides is 3. The van der Waals surface area contributed by atoms with Crippen molar-refractivity contribution in [3.63, 3.8) is 0 Å². The third-order valence-corrected chi connectivity index (χ3v) is 3.97. The summed E-state index contributed by atoms with van der Waals surface area (Å²) in [6.45, 7) is 3.42. The fraction of sp³-hybridized carbons (Fsp3) is 0.333. The van der Waals surface area contributed by atoms with E-state index in [0.717, 1.165) is 23.1 Å². The van der Waals surface area contributed by atoms with Crippen molar-refractivity contribution in [2.24, 2.45) is 10.2 Å². The number of unbranched alkanes of at least 4 members (excludes halogenated alkanes) is 1. The zero-order valence-electron chi connectivity index (χ0n) is 14.7. The first-order valence-corrected chi connectivity index (χ1v) is 8.16. The Morgan fingerprint density at radius 1 is 1.26 bits per heavy atom. The molecule has 1 N–H and O–H groups in total. The van der Waals surface area contributed by atoms with Crippen LogP contribution in [0.15, 0.2) is 39.3 Å². The van der Waals surface area contributed by atoms with Gasteiger partial charge in [0.1, 0.15) is 11.6 Å². The quantitative estimate of drug-likeness (QED) is 0.745. The molecule has 142 valence electrons. The van der Waals surface area contributed by atoms with Crippen LogP contribution in [0.1, 0.15) is 36.5 Å². The maximum absolute atomic E-state index is 13.1. The van der Waals surface area contributed by atoms with Crippen LogP contribution >= 0.6 is 0 Å². The number of nitrogens with zero attached hydrogens (tertiary/aromatic N) is 4. The fourth-order valence-corrected chi connectivity index (χ4v) is 2.49. The van der Waals surface area contributed by atoms with Crippen LogP contribution < -0.4 is 5.56 Å². The van der Waals surface area contributed by atoms with E-state index in [1.807, 2.05) is 6.92 Å². The average molecular weight is 378 g/mol. The van der Waals surface area contributed by atoms with Gasteiger partial charge in [-0.3, -0.25) is 9.36 Å². The zero-order chi connectivity index (χ0) is 20.2. The highest BCUT2D eigenvalue weighted by Gasteiger charge is 2.33. The van der Waals surface area contributed by atoms with Gasteiger partial charge in [0, 0.05) is 12.1 Å². The summed E-state index contributed by atoms with van der Waals surface area (Å²) in [5.41, 5.74) is -2.54. The van der Waals surface area contributed by atoms with Crippen molar-refractivity contribution in [3.8, 4) is 11.9 Å². The van der Waals surface area contributed by atoms with Gasteiger partial charge in [0.25, 0.3) is 5.56 Å². The lowest BCUT2D eigenvalue weighted by atomic mass is 10.1. The maximum atomic E-state index is 13.1. The molecular weight excluding hydrogens is 361 g/mol. The van der Waals surface area contributed by atoms with Gasteiger partial charge in [0.15, 0.2) is 5.69 Å². The van der Waals surface area contributed by atoms with E-state index in [-0.39, 0.29) is 23.4 Å². The van der Waals surface area contributed by atoms with E-state index in [9.17, 15) is 28.3 Å². The molecule has 0 aliphatic heterocycles. The van der Waals surface area contributed by atoms with Crippen LogP contribution in [0.2, 0.25) is 0 Å². The summed E-state index contributed by atoms with van der Waals surface area (Å²) in [7, 11) is 0. The SMILES string of the molecule is CCCCn1c(O)c(C#N)c(C)c(N=Nc2ccccc2C(F)(F)F)c1=O. The van der Waals surface area contributed by atoms with Crippen molar-refractivity contribution in [1.82, 2.24) is 4.57 Å². The van der Waals surface area contributed by atoms with Crippen LogP contribution in [0, 0.1) is 18.3 Å². The number of hydrogen-bond donors (Lipinski definition) is 1. The van der Waals surface area contributed by atoms with Gasteiger partial charge < -0.3 is 5.11 Å². The van der Waals surface area contributed by atoms with E-state index in [1.54, 1.807) is 6.07 Å². The molecule has 9 heteroatoms. The first-order valence-electron chi connectivity index (χ1n) is 8.16. The Hall–Kier alpha value is -3.15. The van der Waals surface area contributed by atoms with Gasteiger partial charge in [-0.15, -0.1) is 10.2 Å². The van der Waals surface area contributed by atoms with Crippen LogP contribution in [-0.2, 0) is 12.7 Å². The van der Waals surface area contributed by atoms with Gasteiger partial charge in [0.05, 0.1) is 11.3 Å². The predicted octanol–water partition coefficient (Wildman–Crippen LogP) is 4.97. The Bertz CT molecular complexity index is 972. The topological polar surface area (TPSA) is 90.7 Å². The third-order valence-electron chi connectivity index (χ3n) is 3.97. The molecule has 0 amide bonds. The van der Waals surface area contributed by atoms with E-state index in [4.69, 9.17) is 0 Å². The molecule has 0 aliphatic carbocycles. The second kappa shape index (κ2) is 8.03. The molecular formula is C18H17F3N4O2. The van der Waals surface area contributed by atoms with Crippen LogP contribution in [0.3, 0.4) is 0 Å². The number of benzene rings is 1. The number of pyridine rings is 1. The van der Waals surface area contributed by atoms with E-state index < -0.39 is 28.9 Å². The Morgan fingerprint density at radius 2 is 1.93 bits per heavy atom. The van der Waals surface area contributed by atoms with Gasteiger partial charge in [-0.1, -0.05) is 25.5 Å². The van der Waals surface area contributed by atoms with Gasteiger partial charge in [-0.05, 0) is 25.5 Å². The molecule has 0 saturated carbocycles. The van der Waals surface area contributed by atoms with Crippen molar-refractivity contribution < 1.29 is 18.3 Å². The summed E-state index contributed by atoms with van der Waals surface area (Å²) in [6, 6.07) is 6.37. The number of aromatic nitrogens is 1. The summed E-state index contributed by atoms with van der Waals surface area (Å²) in [6.07, 6.45) is -3.33. The molecule has 1 heterocycles. The molecule has 0 spiro atoms. The smallest absolute Gasteiger partial charge is 0.418 e. The number of rotatable bonds is 5. The van der Waals surface area contributed by atoms with Crippen molar-refractivity contribution in [3.05, 3.63) is 51.3 Å². The molecule has 0 radical (unpaired) electrons. The van der Waals surface area contributed by atoms with Crippen LogP contribution in [-0.4, -0.2) is 9.67 Å². The number of hydrogen-bond acceptors (Lipinski definition) is 5. The van der Waals surface area contributed by atoms with Gasteiger partial charge in [0.2, 0.25) is 5.88 Å². The fourth-order valence-electron chi connectivity index (χ4n) is 2.49. The molecule has 2 aromatic rings. The summed E-state index contributed by atoms with van der Waals surface area (Å²) in [5, 5.41) is 26.7. The molecule has 0 aliphatic rings. The number of halogens is 3. The molecule has 2 rings (SSSR count). The minimum atomic E-state index is -4.63. The summed E-state index contributed by atoms with van der Waals surface area (Å²) in [5.74, 6) is -0.483. The summed E-state index contributed by atoms with van der Waals surface area (Å²) >= 11 is 0. The Morgan fingerprint density at radius 3 is 2.52 bits per heavy atom. The van der Waals surface area contributed by atoms with Crippen molar-refractivity contribution >= 4 is 11.4 Å². The van der Waals surface area contributed by atoms with Gasteiger partial charge in [-0.2, -0.15) is 18.4 Å². The highest BCUT2D eigenvalue weighted by Crippen LogP contribution is 2.37. The monoisotopic (exact) mass is 378 g/mol. The zero-order valence-corrected chi connectivity index (χ0v) is 14.7. The van der Waals surface area contributed by atoms with E-state index in [0.29, 0.717) is 6.42 Å². The first kappa shape index (κ1) is 20.2. The molecule has 0 bridgehead atoms. The summed E-state index contributed by atoms with van der Waals surface area (Å²) < 4.78 is 40.2. The van der Waals surface area contributed by atoms with E-state index in [2.05, 4.69) is 10.2 Å². The number of nitriles is 1. The lowest BCUT2D eigenvalue weighted by molar-refractivity contribution is -0.137. The Labute approximate surface area is 153 Å². The second-order valence-electron chi connectivity index (χ2n) is 5.81. The normalized spacial score (nSPS) is 11.7. The van der Waals surface area contributed by atoms with Crippen LogP contribution in [0.5, 0.6) is 5.88 Å². The average Bonchev–Trinajstić information content (AvgIpc) is 2.61. The second-order valence-corrected chi connectivity index (χ2v) is 5.81. The first-order chi connectivity index (χ1) is 12.7. The lowest BCUT2D eigenvalue weighted by Crippen LogP contribution is -2.22. The highest BCUT2D eigenvalue weighted by molar-refractivity contribution is 5.57. The number of azo groups is 1. The predicted molar refractivity (Wildman–Crippen MR) is 92.3 cm³/mol. The maximum Gasteiger partial charge on any atom is 0.418 e. The minimum absolute atomic E-state index is 0.0565. The molecule has 0 atom stereocenters. The largest absolute Gasteiger partial charge is 0.493 e. The molecule has 1 aromatic heterocycles. The van der Waals surface area contributed by atoms with Crippen molar-refractivity contribution in [2.45, 2.75) is 39.4 Å². The van der Waals surface area contributed by atoms with Crippen molar-refractivity contribution in [2.75, 3.05) is 0 Å². The Kier molecular flexibility index (Phi) is 6.00. The Balaban J connectivity index is 2.63. The minimum Gasteiger partial charge on any atom is -0.493 e. The van der Waals surface area contributed by atoms with Gasteiger partial charge >= 0.3 is 6.18 Å². The lowest BCUT2D eigenvalue weighted by Gasteiger charge is -2.12. The summed E-state index contributed by atoms with van der Waals surface area (Å²) in [4.78, 5) is 12.6. The highest BCUT2D eigenvalue weighted by atomic mass is 19.4. The standard InChI is InChI=1S/C18H17F3N4O2/c1-3-4-9-25-16(26)12(10-22)11(2)15(17(25)27)24-23-14-8-6-5-7-13(14)18(19,20)21/h5-8,26H,3-4,9H2,1-2H3. The molecule has 6 nitrogen and oxygen atoms in total. The van der Waals surface area contributed by atoms with Crippen molar-refractivity contribution in [1.29, 1.82) is 5.26 Å². The molecule has 1 aromatic carbocycles. The number of aromatic hydroxyl groups is 1. The van der Waals surface area contributed by atoms with Gasteiger partial charge in [-0.25, -0.2) is 0 Å². The molecule has 27 heavy (non-hydrogen) atoms. The molecule has 0 fully saturated rings. The van der Waals surface area contributed by atoms with Crippen LogP contribution in [0.25, 0.3) is 0 Å². The van der Waals surface area contributed by atoms with E-state index >= 15 is 0 Å². The van der Waals surface area contributed by atoms with E-state index in [1.165, 1.54) is 19.1 Å². The molecule has 0 unspecified atom stereocenters. The molecule has 0 saturated heterocycles. The third kappa shape index (κ3) is 4.16. The van der Waals surface area contributed by atoms with Crippen LogP contribution in [0.4, 0.5) is 24.5 Å².